The molecule has 0 aliphatic rings. The Hall–Kier alpha value is -1.42. The summed E-state index contributed by atoms with van der Waals surface area (Å²) >= 11 is 17.9. The second-order valence-electron chi connectivity index (χ2n) is 5.19. The smallest absolute Gasteiger partial charge is 0.265 e. The Morgan fingerprint density at radius 1 is 1.09 bits per heavy atom. The number of hydrogen-bond acceptors (Lipinski definition) is 2. The van der Waals surface area contributed by atoms with E-state index in [0.29, 0.717) is 20.8 Å². The van der Waals surface area contributed by atoms with Gasteiger partial charge >= 0.3 is 0 Å². The maximum absolute atomic E-state index is 12.3. The topological polar surface area (TPSA) is 38.3 Å². The highest BCUT2D eigenvalue weighted by Crippen LogP contribution is 2.34. The number of carbonyl (C=O) groups is 1. The molecule has 2 aromatic rings. The highest BCUT2D eigenvalue weighted by atomic mass is 35.5. The van der Waals surface area contributed by atoms with Gasteiger partial charge in [0.05, 0.1) is 15.1 Å². The Kier molecular flexibility index (Phi) is 5.79. The number of hydrogen-bond donors (Lipinski definition) is 1. The highest BCUT2D eigenvalue weighted by molar-refractivity contribution is 6.43. The molecule has 0 fully saturated rings. The predicted molar refractivity (Wildman–Crippen MR) is 96.1 cm³/mol. The van der Waals surface area contributed by atoms with Gasteiger partial charge in [0.2, 0.25) is 0 Å². The van der Waals surface area contributed by atoms with Crippen LogP contribution in [0.25, 0.3) is 0 Å². The molecule has 0 saturated heterocycles. The second kappa shape index (κ2) is 7.43. The molecule has 2 rings (SSSR count). The van der Waals surface area contributed by atoms with E-state index in [1.807, 2.05) is 32.0 Å². The summed E-state index contributed by atoms with van der Waals surface area (Å²) in [5.41, 5.74) is 2.87. The first kappa shape index (κ1) is 17.9. The van der Waals surface area contributed by atoms with Crippen molar-refractivity contribution in [2.75, 3.05) is 5.32 Å². The van der Waals surface area contributed by atoms with E-state index < -0.39 is 6.10 Å². The summed E-state index contributed by atoms with van der Waals surface area (Å²) in [5.74, 6) is 0.0329. The van der Waals surface area contributed by atoms with Crippen LogP contribution in [0.15, 0.2) is 30.3 Å². The van der Waals surface area contributed by atoms with Gasteiger partial charge in [-0.2, -0.15) is 0 Å². The van der Waals surface area contributed by atoms with Gasteiger partial charge in [-0.1, -0.05) is 46.9 Å². The normalized spacial score (nSPS) is 11.9. The van der Waals surface area contributed by atoms with E-state index in [1.165, 1.54) is 12.1 Å². The molecule has 6 heteroatoms. The minimum atomic E-state index is -0.746. The number of anilines is 1. The SMILES string of the molecule is Cc1cccc(NC(=O)C(C)Oc2cc(Cl)c(Cl)cc2Cl)c1C. The van der Waals surface area contributed by atoms with Crippen molar-refractivity contribution in [1.29, 1.82) is 0 Å². The van der Waals surface area contributed by atoms with Crippen molar-refractivity contribution in [3.05, 3.63) is 56.5 Å². The Balaban J connectivity index is 2.11. The molecule has 0 radical (unpaired) electrons. The quantitative estimate of drug-likeness (QED) is 0.702. The fraction of sp³-hybridized carbons (Fsp3) is 0.235. The minimum absolute atomic E-state index is 0.277. The van der Waals surface area contributed by atoms with Crippen molar-refractivity contribution >= 4 is 46.4 Å². The molecule has 1 atom stereocenters. The van der Waals surface area contributed by atoms with Crippen molar-refractivity contribution in [2.24, 2.45) is 0 Å². The first-order chi connectivity index (χ1) is 10.8. The average Bonchev–Trinajstić information content (AvgIpc) is 2.49. The van der Waals surface area contributed by atoms with Gasteiger partial charge in [0, 0.05) is 11.8 Å². The van der Waals surface area contributed by atoms with Crippen LogP contribution in [0.5, 0.6) is 5.75 Å². The van der Waals surface area contributed by atoms with Crippen molar-refractivity contribution in [3.8, 4) is 5.75 Å². The summed E-state index contributed by atoms with van der Waals surface area (Å²) in [6, 6.07) is 8.70. The van der Waals surface area contributed by atoms with Gasteiger partial charge in [-0.3, -0.25) is 4.79 Å². The van der Waals surface area contributed by atoms with E-state index >= 15 is 0 Å². The fourth-order valence-corrected chi connectivity index (χ4v) is 2.54. The molecule has 23 heavy (non-hydrogen) atoms. The van der Waals surface area contributed by atoms with Gasteiger partial charge < -0.3 is 10.1 Å². The number of halogens is 3. The van der Waals surface area contributed by atoms with Crippen LogP contribution >= 0.6 is 34.8 Å². The summed E-state index contributed by atoms with van der Waals surface area (Å²) in [6.45, 7) is 5.58. The first-order valence-corrected chi connectivity index (χ1v) is 8.11. The third-order valence-electron chi connectivity index (χ3n) is 3.51. The van der Waals surface area contributed by atoms with E-state index in [0.717, 1.165) is 16.8 Å². The monoisotopic (exact) mass is 371 g/mol. The molecule has 0 aliphatic carbocycles. The van der Waals surface area contributed by atoms with Gasteiger partial charge in [0.25, 0.3) is 5.91 Å². The average molecular weight is 373 g/mol. The molecule has 3 nitrogen and oxygen atoms in total. The van der Waals surface area contributed by atoms with E-state index in [-0.39, 0.29) is 5.91 Å². The molecule has 0 aromatic heterocycles. The zero-order valence-electron chi connectivity index (χ0n) is 12.9. The third kappa shape index (κ3) is 4.31. The molecule has 2 aromatic carbocycles. The maximum atomic E-state index is 12.3. The molecular formula is C17H16Cl3NO2. The van der Waals surface area contributed by atoms with E-state index in [9.17, 15) is 4.79 Å². The van der Waals surface area contributed by atoms with Crippen molar-refractivity contribution < 1.29 is 9.53 Å². The lowest BCUT2D eigenvalue weighted by Crippen LogP contribution is -2.30. The Morgan fingerprint density at radius 2 is 1.74 bits per heavy atom. The summed E-state index contributed by atoms with van der Waals surface area (Å²) < 4.78 is 5.60. The maximum Gasteiger partial charge on any atom is 0.265 e. The number of aryl methyl sites for hydroxylation is 1. The molecule has 0 aliphatic heterocycles. The van der Waals surface area contributed by atoms with Crippen molar-refractivity contribution in [3.63, 3.8) is 0 Å². The molecule has 1 unspecified atom stereocenters. The number of benzene rings is 2. The van der Waals surface area contributed by atoms with Crippen LogP contribution in [0, 0.1) is 13.8 Å². The largest absolute Gasteiger partial charge is 0.479 e. The highest BCUT2D eigenvalue weighted by Gasteiger charge is 2.18. The van der Waals surface area contributed by atoms with Crippen LogP contribution in [0.1, 0.15) is 18.1 Å². The van der Waals surface area contributed by atoms with Crippen LogP contribution in [0.4, 0.5) is 5.69 Å². The van der Waals surface area contributed by atoms with Gasteiger partial charge in [-0.05, 0) is 44.0 Å². The molecule has 0 heterocycles. The Bertz CT molecular complexity index is 747. The van der Waals surface area contributed by atoms with Crippen LogP contribution in [0.3, 0.4) is 0 Å². The van der Waals surface area contributed by atoms with Crippen LogP contribution < -0.4 is 10.1 Å². The summed E-state index contributed by atoms with van der Waals surface area (Å²) in [6.07, 6.45) is -0.746. The summed E-state index contributed by atoms with van der Waals surface area (Å²) in [4.78, 5) is 12.3. The molecule has 1 amide bonds. The molecule has 1 N–H and O–H groups in total. The Labute approximate surface area is 150 Å². The molecule has 0 bridgehead atoms. The lowest BCUT2D eigenvalue weighted by atomic mass is 10.1. The number of rotatable bonds is 4. The number of nitrogens with one attached hydrogen (secondary N) is 1. The van der Waals surface area contributed by atoms with Gasteiger partial charge in [-0.15, -0.1) is 0 Å². The first-order valence-electron chi connectivity index (χ1n) is 6.98. The zero-order chi connectivity index (χ0) is 17.1. The fourth-order valence-electron chi connectivity index (χ4n) is 1.96. The predicted octanol–water partition coefficient (Wildman–Crippen LogP) is 5.67. The lowest BCUT2D eigenvalue weighted by molar-refractivity contribution is -0.122. The number of amides is 1. The third-order valence-corrected chi connectivity index (χ3v) is 4.53. The van der Waals surface area contributed by atoms with Crippen molar-refractivity contribution in [2.45, 2.75) is 26.9 Å². The standard InChI is InChI=1S/C17H16Cl3NO2/c1-9-5-4-6-15(10(9)2)21-17(22)11(3)23-16-8-13(19)12(18)7-14(16)20/h4-8,11H,1-3H3,(H,21,22). The summed E-state index contributed by atoms with van der Waals surface area (Å²) in [5, 5.41) is 3.79. The molecule has 122 valence electrons. The Morgan fingerprint density at radius 3 is 2.43 bits per heavy atom. The minimum Gasteiger partial charge on any atom is -0.479 e. The molecule has 0 spiro atoms. The van der Waals surface area contributed by atoms with Crippen molar-refractivity contribution in [1.82, 2.24) is 0 Å². The van der Waals surface area contributed by atoms with Crippen LogP contribution in [0.2, 0.25) is 15.1 Å². The second-order valence-corrected chi connectivity index (χ2v) is 6.42. The van der Waals surface area contributed by atoms with Crippen LogP contribution in [-0.2, 0) is 4.79 Å². The molecular weight excluding hydrogens is 357 g/mol. The van der Waals surface area contributed by atoms with E-state index in [4.69, 9.17) is 39.5 Å². The lowest BCUT2D eigenvalue weighted by Gasteiger charge is -2.17. The van der Waals surface area contributed by atoms with E-state index in [1.54, 1.807) is 6.92 Å². The zero-order valence-corrected chi connectivity index (χ0v) is 15.2. The van der Waals surface area contributed by atoms with Gasteiger partial charge in [0.1, 0.15) is 5.75 Å². The van der Waals surface area contributed by atoms with Gasteiger partial charge in [-0.25, -0.2) is 0 Å². The number of ether oxygens (including phenoxy) is 1. The van der Waals surface area contributed by atoms with Gasteiger partial charge in [0.15, 0.2) is 6.10 Å². The molecule has 0 saturated carbocycles. The number of carbonyl (C=O) groups excluding carboxylic acids is 1. The van der Waals surface area contributed by atoms with E-state index in [2.05, 4.69) is 5.32 Å². The van der Waals surface area contributed by atoms with Crippen LogP contribution in [-0.4, -0.2) is 12.0 Å². The summed E-state index contributed by atoms with van der Waals surface area (Å²) in [7, 11) is 0.